The lowest BCUT2D eigenvalue weighted by atomic mass is 9.95. The molecule has 3 amide bonds. The molecule has 0 fully saturated rings. The number of allylic oxidation sites excluding steroid dienone is 3. The summed E-state index contributed by atoms with van der Waals surface area (Å²) in [7, 11) is 1.27. The number of aromatic hydroxyl groups is 1. The molecule has 0 saturated heterocycles. The lowest BCUT2D eigenvalue weighted by Gasteiger charge is -2.28. The van der Waals surface area contributed by atoms with Crippen LogP contribution in [0.15, 0.2) is 85.1 Å². The molecule has 1 heterocycles. The Bertz CT molecular complexity index is 1840. The maximum Gasteiger partial charge on any atom is 0.416 e. The number of aryl methyl sites for hydroxylation is 1. The van der Waals surface area contributed by atoms with Gasteiger partial charge < -0.3 is 25.2 Å². The molecule has 0 unspecified atom stereocenters. The summed E-state index contributed by atoms with van der Waals surface area (Å²) in [6.45, 7) is 17.2. The van der Waals surface area contributed by atoms with Crippen LogP contribution in [0.4, 0.5) is 10.6 Å². The first-order valence-corrected chi connectivity index (χ1v) is 17.9. The molecule has 11 nitrogen and oxygen atoms in total. The predicted octanol–water partition coefficient (Wildman–Crippen LogP) is 7.57. The normalized spacial score (nSPS) is 13.5. The zero-order chi connectivity index (χ0) is 39.3. The molecule has 0 aliphatic carbocycles. The van der Waals surface area contributed by atoms with Crippen molar-refractivity contribution in [2.24, 2.45) is 5.92 Å². The van der Waals surface area contributed by atoms with E-state index in [0.717, 1.165) is 22.1 Å². The smallest absolute Gasteiger partial charge is 0.416 e. The summed E-state index contributed by atoms with van der Waals surface area (Å²) in [6.07, 6.45) is 7.28. The zero-order valence-electron chi connectivity index (χ0n) is 32.2. The molecule has 0 aliphatic rings. The van der Waals surface area contributed by atoms with Crippen molar-refractivity contribution in [3.63, 3.8) is 0 Å². The Labute approximate surface area is 313 Å². The first kappa shape index (κ1) is 42.0. The van der Waals surface area contributed by atoms with Gasteiger partial charge in [0.05, 0.1) is 19.6 Å². The van der Waals surface area contributed by atoms with E-state index >= 15 is 0 Å². The van der Waals surface area contributed by atoms with Gasteiger partial charge in [-0.05, 0) is 92.8 Å². The van der Waals surface area contributed by atoms with Crippen molar-refractivity contribution in [3.8, 4) is 5.75 Å². The van der Waals surface area contributed by atoms with E-state index in [0.29, 0.717) is 23.2 Å². The molecule has 0 radical (unpaired) electrons. The highest BCUT2D eigenvalue weighted by atomic mass is 16.6. The number of carbonyl (C=O) groups is 4. The van der Waals surface area contributed by atoms with Gasteiger partial charge in [0.15, 0.2) is 0 Å². The van der Waals surface area contributed by atoms with Crippen LogP contribution < -0.4 is 15.5 Å². The van der Waals surface area contributed by atoms with Gasteiger partial charge in [-0.15, -0.1) is 0 Å². The lowest BCUT2D eigenvalue weighted by molar-refractivity contribution is -0.141. The molecule has 0 spiro atoms. The fourth-order valence-corrected chi connectivity index (χ4v) is 5.61. The maximum atomic E-state index is 13.8. The summed E-state index contributed by atoms with van der Waals surface area (Å²) in [5.74, 6) is -1.02. The molecule has 284 valence electrons. The van der Waals surface area contributed by atoms with Crippen LogP contribution in [0, 0.1) is 12.8 Å². The van der Waals surface area contributed by atoms with Crippen molar-refractivity contribution in [3.05, 3.63) is 96.2 Å². The number of methoxy groups -OCH3 is 1. The second-order valence-corrected chi connectivity index (χ2v) is 14.0. The Morgan fingerprint density at radius 3 is 2.36 bits per heavy atom. The number of hydrogen-bond acceptors (Lipinski definition) is 8. The van der Waals surface area contributed by atoms with E-state index in [2.05, 4.69) is 22.2 Å². The van der Waals surface area contributed by atoms with Gasteiger partial charge in [-0.25, -0.2) is 9.78 Å². The molecular weight excluding hydrogens is 672 g/mol. The molecule has 0 bridgehead atoms. The SMILES string of the molecule is C=C(/C=C\C(=C/C)c1ccc(O)c2ccccc12)[C@H](CC(=O)OC)NC(=O)[C@@H](NC(=O)CCCN(C(=O)OC(C)(C)C)c1cc(C)ccn1)[C@@H](C)CC. The van der Waals surface area contributed by atoms with Crippen molar-refractivity contribution in [2.75, 3.05) is 18.6 Å². The van der Waals surface area contributed by atoms with E-state index in [1.807, 2.05) is 76.2 Å². The number of nitrogens with one attached hydrogen (secondary N) is 2. The number of benzene rings is 2. The minimum Gasteiger partial charge on any atom is -0.507 e. The first-order valence-electron chi connectivity index (χ1n) is 17.9. The van der Waals surface area contributed by atoms with Crippen molar-refractivity contribution in [2.45, 2.75) is 91.8 Å². The molecular formula is C42H54N4O7. The second kappa shape index (κ2) is 19.4. The van der Waals surface area contributed by atoms with Crippen LogP contribution in [0.1, 0.15) is 78.4 Å². The highest BCUT2D eigenvalue weighted by Crippen LogP contribution is 2.32. The highest BCUT2D eigenvalue weighted by molar-refractivity contribution is 5.99. The molecule has 0 saturated carbocycles. The minimum absolute atomic E-state index is 0.0322. The molecule has 2 aromatic carbocycles. The van der Waals surface area contributed by atoms with Crippen LogP contribution in [-0.2, 0) is 23.9 Å². The highest BCUT2D eigenvalue weighted by Gasteiger charge is 2.30. The van der Waals surface area contributed by atoms with Gasteiger partial charge in [0, 0.05) is 24.5 Å². The lowest BCUT2D eigenvalue weighted by Crippen LogP contribution is -2.53. The van der Waals surface area contributed by atoms with Crippen LogP contribution in [0.3, 0.4) is 0 Å². The minimum atomic E-state index is -0.903. The molecule has 3 rings (SSSR count). The first-order chi connectivity index (χ1) is 25.1. The molecule has 3 aromatic rings. The molecule has 3 atom stereocenters. The summed E-state index contributed by atoms with van der Waals surface area (Å²) in [4.78, 5) is 58.4. The largest absolute Gasteiger partial charge is 0.507 e. The van der Waals surface area contributed by atoms with Crippen molar-refractivity contribution < 1.29 is 33.8 Å². The van der Waals surface area contributed by atoms with Gasteiger partial charge in [-0.2, -0.15) is 0 Å². The standard InChI is InChI=1S/C42H54N4O7/c1-10-28(4)39(45-37(48)17-14-24-46(41(51)53-42(6,7)8)36-25-27(3)22-23-43-36)40(50)44-34(26-38(49)52-9)29(5)18-19-30(11-2)31-20-21-35(47)33-16-13-12-15-32(31)33/h11-13,15-16,18-23,25,28,34,39,47H,5,10,14,17,24,26H2,1-4,6-9H3,(H,44,50)(H,45,48)/b19-18-,30-11+/t28-,34-,39-/m0/s1. The van der Waals surface area contributed by atoms with Crippen LogP contribution in [0.25, 0.3) is 16.3 Å². The number of aromatic nitrogens is 1. The predicted molar refractivity (Wildman–Crippen MR) is 209 cm³/mol. The average Bonchev–Trinajstić information content (AvgIpc) is 3.11. The monoisotopic (exact) mass is 726 g/mol. The number of phenolic OH excluding ortho intramolecular Hbond substituents is 1. The van der Waals surface area contributed by atoms with Gasteiger partial charge in [0.25, 0.3) is 0 Å². The van der Waals surface area contributed by atoms with Gasteiger partial charge in [-0.1, -0.05) is 75.4 Å². The molecule has 3 N–H and O–H groups in total. The number of phenols is 1. The van der Waals surface area contributed by atoms with Gasteiger partial charge in [0.2, 0.25) is 11.8 Å². The van der Waals surface area contributed by atoms with Gasteiger partial charge >= 0.3 is 12.1 Å². The Kier molecular flexibility index (Phi) is 15.4. The topological polar surface area (TPSA) is 147 Å². The van der Waals surface area contributed by atoms with Crippen molar-refractivity contribution in [1.82, 2.24) is 15.6 Å². The van der Waals surface area contributed by atoms with Crippen LogP contribution in [-0.4, -0.2) is 65.3 Å². The quantitative estimate of drug-likeness (QED) is 0.101. The number of ether oxygens (including phenoxy) is 2. The van der Waals surface area contributed by atoms with Crippen LogP contribution >= 0.6 is 0 Å². The van der Waals surface area contributed by atoms with E-state index in [1.165, 1.54) is 12.0 Å². The van der Waals surface area contributed by atoms with E-state index in [9.17, 15) is 24.3 Å². The van der Waals surface area contributed by atoms with Crippen LogP contribution in [0.2, 0.25) is 0 Å². The van der Waals surface area contributed by atoms with E-state index in [-0.39, 0.29) is 43.4 Å². The number of nitrogens with zero attached hydrogens (tertiary/aromatic N) is 2. The number of rotatable bonds is 16. The zero-order valence-corrected chi connectivity index (χ0v) is 32.2. The molecule has 11 heteroatoms. The molecule has 0 aliphatic heterocycles. The summed E-state index contributed by atoms with van der Waals surface area (Å²) in [5, 5.41) is 17.8. The third-order valence-electron chi connectivity index (χ3n) is 8.75. The Hall–Kier alpha value is -5.45. The van der Waals surface area contributed by atoms with Crippen molar-refractivity contribution >= 4 is 46.0 Å². The summed E-state index contributed by atoms with van der Waals surface area (Å²) in [6, 6.07) is 12.9. The molecule has 53 heavy (non-hydrogen) atoms. The number of esters is 1. The van der Waals surface area contributed by atoms with E-state index in [4.69, 9.17) is 9.47 Å². The van der Waals surface area contributed by atoms with E-state index < -0.39 is 35.7 Å². The Morgan fingerprint density at radius 2 is 1.74 bits per heavy atom. The molecule has 1 aromatic heterocycles. The number of hydrogen-bond donors (Lipinski definition) is 3. The summed E-state index contributed by atoms with van der Waals surface area (Å²) in [5.41, 5.74) is 2.38. The number of pyridine rings is 1. The Morgan fingerprint density at radius 1 is 1.04 bits per heavy atom. The second-order valence-electron chi connectivity index (χ2n) is 14.0. The average molecular weight is 727 g/mol. The number of amides is 3. The summed E-state index contributed by atoms with van der Waals surface area (Å²) < 4.78 is 10.5. The van der Waals surface area contributed by atoms with Gasteiger partial charge in [-0.3, -0.25) is 19.3 Å². The Balaban J connectivity index is 1.75. The summed E-state index contributed by atoms with van der Waals surface area (Å²) >= 11 is 0. The van der Waals surface area contributed by atoms with E-state index in [1.54, 1.807) is 45.2 Å². The number of anilines is 1. The van der Waals surface area contributed by atoms with Crippen LogP contribution in [0.5, 0.6) is 5.75 Å². The number of carbonyl (C=O) groups excluding carboxylic acids is 4. The third-order valence-corrected chi connectivity index (χ3v) is 8.75. The van der Waals surface area contributed by atoms with Crippen molar-refractivity contribution in [1.29, 1.82) is 0 Å². The fraction of sp³-hybridized carbons (Fsp3) is 0.405. The number of fused-ring (bicyclic) bond motifs is 1. The van der Waals surface area contributed by atoms with Gasteiger partial charge in [0.1, 0.15) is 23.2 Å². The fourth-order valence-electron chi connectivity index (χ4n) is 5.61. The maximum absolute atomic E-state index is 13.8. The third kappa shape index (κ3) is 12.3.